The Morgan fingerprint density at radius 2 is 1.86 bits per heavy atom. The SMILES string of the molecule is CC(Cc1ccc(C(F)(F)F)cc1)NC(=O)NCC1(O)CCc2ccccc21. The molecule has 2 unspecified atom stereocenters. The molecule has 7 heteroatoms. The lowest BCUT2D eigenvalue weighted by Gasteiger charge is -2.25. The number of alkyl halides is 3. The number of nitrogens with one attached hydrogen (secondary N) is 2. The monoisotopic (exact) mass is 392 g/mol. The average Bonchev–Trinajstić information content (AvgIpc) is 2.98. The van der Waals surface area contributed by atoms with Gasteiger partial charge in [-0.05, 0) is 55.0 Å². The van der Waals surface area contributed by atoms with Crippen molar-refractivity contribution in [2.45, 2.75) is 44.0 Å². The van der Waals surface area contributed by atoms with Crippen molar-refractivity contribution in [3.8, 4) is 0 Å². The molecule has 2 aromatic rings. The highest BCUT2D eigenvalue weighted by Gasteiger charge is 2.36. The number of hydrogen-bond acceptors (Lipinski definition) is 2. The fourth-order valence-corrected chi connectivity index (χ4v) is 3.59. The summed E-state index contributed by atoms with van der Waals surface area (Å²) < 4.78 is 37.8. The lowest BCUT2D eigenvalue weighted by atomic mass is 9.96. The van der Waals surface area contributed by atoms with Gasteiger partial charge in [-0.2, -0.15) is 13.2 Å². The maximum absolute atomic E-state index is 12.6. The van der Waals surface area contributed by atoms with Gasteiger partial charge in [0.1, 0.15) is 5.60 Å². The van der Waals surface area contributed by atoms with Crippen LogP contribution in [-0.4, -0.2) is 23.7 Å². The average molecular weight is 392 g/mol. The van der Waals surface area contributed by atoms with Crippen LogP contribution in [0, 0.1) is 0 Å². The highest BCUT2D eigenvalue weighted by molar-refractivity contribution is 5.74. The summed E-state index contributed by atoms with van der Waals surface area (Å²) in [5.74, 6) is 0. The molecule has 28 heavy (non-hydrogen) atoms. The Morgan fingerprint density at radius 3 is 2.54 bits per heavy atom. The Bertz CT molecular complexity index is 836. The van der Waals surface area contributed by atoms with E-state index in [1.165, 1.54) is 12.1 Å². The summed E-state index contributed by atoms with van der Waals surface area (Å²) in [4.78, 5) is 12.2. The number of rotatable bonds is 5. The van der Waals surface area contributed by atoms with E-state index in [0.717, 1.165) is 29.7 Å². The first-order valence-electron chi connectivity index (χ1n) is 9.19. The van der Waals surface area contributed by atoms with Crippen molar-refractivity contribution in [3.05, 3.63) is 70.8 Å². The zero-order chi connectivity index (χ0) is 20.4. The number of aryl methyl sites for hydroxylation is 1. The van der Waals surface area contributed by atoms with E-state index in [1.54, 1.807) is 6.92 Å². The predicted octanol–water partition coefficient (Wildman–Crippen LogP) is 3.77. The van der Waals surface area contributed by atoms with Gasteiger partial charge in [-0.15, -0.1) is 0 Å². The first-order chi connectivity index (χ1) is 13.2. The third-order valence-electron chi connectivity index (χ3n) is 5.07. The zero-order valence-corrected chi connectivity index (χ0v) is 15.5. The van der Waals surface area contributed by atoms with Crippen LogP contribution in [0.2, 0.25) is 0 Å². The molecule has 0 radical (unpaired) electrons. The maximum Gasteiger partial charge on any atom is 0.416 e. The molecule has 0 fully saturated rings. The van der Waals surface area contributed by atoms with Gasteiger partial charge in [0.15, 0.2) is 0 Å². The highest BCUT2D eigenvalue weighted by Crippen LogP contribution is 2.36. The number of aliphatic hydroxyl groups is 1. The molecule has 2 aromatic carbocycles. The first-order valence-corrected chi connectivity index (χ1v) is 9.19. The third kappa shape index (κ3) is 4.65. The van der Waals surface area contributed by atoms with Gasteiger partial charge < -0.3 is 15.7 Å². The fourth-order valence-electron chi connectivity index (χ4n) is 3.59. The Morgan fingerprint density at radius 1 is 1.18 bits per heavy atom. The molecule has 1 aliphatic rings. The molecule has 0 heterocycles. The van der Waals surface area contributed by atoms with Gasteiger partial charge in [-0.1, -0.05) is 36.4 Å². The summed E-state index contributed by atoms with van der Waals surface area (Å²) in [6.45, 7) is 1.87. The van der Waals surface area contributed by atoms with E-state index in [4.69, 9.17) is 0 Å². The second kappa shape index (κ2) is 7.83. The van der Waals surface area contributed by atoms with Gasteiger partial charge >= 0.3 is 12.2 Å². The van der Waals surface area contributed by atoms with Crippen molar-refractivity contribution < 1.29 is 23.1 Å². The van der Waals surface area contributed by atoms with E-state index in [9.17, 15) is 23.1 Å². The molecule has 0 spiro atoms. The molecule has 0 saturated heterocycles. The van der Waals surface area contributed by atoms with E-state index in [0.29, 0.717) is 18.4 Å². The summed E-state index contributed by atoms with van der Waals surface area (Å²) in [5, 5.41) is 16.3. The van der Waals surface area contributed by atoms with Crippen molar-refractivity contribution in [1.82, 2.24) is 10.6 Å². The largest absolute Gasteiger partial charge is 0.416 e. The number of carbonyl (C=O) groups is 1. The van der Waals surface area contributed by atoms with Crippen LogP contribution in [0.1, 0.15) is 35.6 Å². The Labute approximate surface area is 161 Å². The lowest BCUT2D eigenvalue weighted by molar-refractivity contribution is -0.137. The predicted molar refractivity (Wildman–Crippen MR) is 99.8 cm³/mol. The Hall–Kier alpha value is -2.54. The van der Waals surface area contributed by atoms with E-state index < -0.39 is 23.4 Å². The smallest absolute Gasteiger partial charge is 0.383 e. The number of carbonyl (C=O) groups excluding carboxylic acids is 1. The van der Waals surface area contributed by atoms with Crippen LogP contribution >= 0.6 is 0 Å². The van der Waals surface area contributed by atoms with Crippen molar-refractivity contribution in [3.63, 3.8) is 0 Å². The Kier molecular flexibility index (Phi) is 5.65. The first kappa shape index (κ1) is 20.2. The minimum Gasteiger partial charge on any atom is -0.383 e. The van der Waals surface area contributed by atoms with Crippen LogP contribution in [-0.2, 0) is 24.6 Å². The molecule has 1 aliphatic carbocycles. The molecule has 150 valence electrons. The van der Waals surface area contributed by atoms with Crippen LogP contribution in [0.25, 0.3) is 0 Å². The lowest BCUT2D eigenvalue weighted by Crippen LogP contribution is -2.46. The molecular weight excluding hydrogens is 369 g/mol. The number of urea groups is 1. The quantitative estimate of drug-likeness (QED) is 0.725. The van der Waals surface area contributed by atoms with Crippen molar-refractivity contribution in [1.29, 1.82) is 0 Å². The van der Waals surface area contributed by atoms with Crippen molar-refractivity contribution in [2.24, 2.45) is 0 Å². The zero-order valence-electron chi connectivity index (χ0n) is 15.5. The Balaban J connectivity index is 1.50. The van der Waals surface area contributed by atoms with E-state index in [1.807, 2.05) is 24.3 Å². The maximum atomic E-state index is 12.6. The molecule has 0 aromatic heterocycles. The number of fused-ring (bicyclic) bond motifs is 1. The normalized spacial score (nSPS) is 19.8. The number of hydrogen-bond donors (Lipinski definition) is 3. The topological polar surface area (TPSA) is 61.4 Å². The van der Waals surface area contributed by atoms with E-state index >= 15 is 0 Å². The van der Waals surface area contributed by atoms with Crippen LogP contribution in [0.5, 0.6) is 0 Å². The molecule has 2 atom stereocenters. The van der Waals surface area contributed by atoms with Crippen LogP contribution < -0.4 is 10.6 Å². The van der Waals surface area contributed by atoms with Crippen molar-refractivity contribution in [2.75, 3.05) is 6.54 Å². The minimum absolute atomic E-state index is 0.100. The van der Waals surface area contributed by atoms with Gasteiger partial charge in [0, 0.05) is 6.04 Å². The molecule has 0 saturated carbocycles. The number of amides is 2. The summed E-state index contributed by atoms with van der Waals surface area (Å²) in [7, 11) is 0. The molecule has 3 N–H and O–H groups in total. The number of halogens is 3. The second-order valence-corrected chi connectivity index (χ2v) is 7.32. The summed E-state index contributed by atoms with van der Waals surface area (Å²) in [6, 6.07) is 11.8. The van der Waals surface area contributed by atoms with Crippen molar-refractivity contribution >= 4 is 6.03 Å². The second-order valence-electron chi connectivity index (χ2n) is 7.32. The minimum atomic E-state index is -4.36. The standard InChI is InChI=1S/C21H23F3N2O2/c1-14(12-15-6-8-17(9-7-15)21(22,23)24)26-19(27)25-13-20(28)11-10-16-4-2-3-5-18(16)20/h2-9,14,28H,10-13H2,1H3,(H2,25,26,27). The molecule has 0 bridgehead atoms. The summed E-state index contributed by atoms with van der Waals surface area (Å²) in [6.07, 6.45) is -2.64. The highest BCUT2D eigenvalue weighted by atomic mass is 19.4. The summed E-state index contributed by atoms with van der Waals surface area (Å²) in [5.41, 5.74) is 0.852. The molecule has 4 nitrogen and oxygen atoms in total. The fraction of sp³-hybridized carbons (Fsp3) is 0.381. The molecule has 0 aliphatic heterocycles. The summed E-state index contributed by atoms with van der Waals surface area (Å²) >= 11 is 0. The van der Waals surface area contributed by atoms with Gasteiger partial charge in [-0.25, -0.2) is 4.79 Å². The number of benzene rings is 2. The van der Waals surface area contributed by atoms with Crippen LogP contribution in [0.15, 0.2) is 48.5 Å². The molecule has 3 rings (SSSR count). The van der Waals surface area contributed by atoms with E-state index in [2.05, 4.69) is 10.6 Å². The van der Waals surface area contributed by atoms with E-state index in [-0.39, 0.29) is 12.6 Å². The van der Waals surface area contributed by atoms with Crippen LogP contribution in [0.4, 0.5) is 18.0 Å². The van der Waals surface area contributed by atoms with Gasteiger partial charge in [-0.3, -0.25) is 0 Å². The third-order valence-corrected chi connectivity index (χ3v) is 5.07. The molecule has 2 amide bonds. The van der Waals surface area contributed by atoms with Gasteiger partial charge in [0.25, 0.3) is 0 Å². The van der Waals surface area contributed by atoms with Gasteiger partial charge in [0.2, 0.25) is 0 Å². The van der Waals surface area contributed by atoms with Crippen LogP contribution in [0.3, 0.4) is 0 Å². The molecular formula is C21H23F3N2O2. The van der Waals surface area contributed by atoms with Gasteiger partial charge in [0.05, 0.1) is 12.1 Å².